The minimum Gasteiger partial charge on any atom is -0.480 e. The van der Waals surface area contributed by atoms with Gasteiger partial charge in [0.25, 0.3) is 0 Å². The zero-order chi connectivity index (χ0) is 26.3. The minimum atomic E-state index is -1.13. The van der Waals surface area contributed by atoms with Gasteiger partial charge in [0.1, 0.15) is 6.04 Å². The number of aliphatic hydroxyl groups excluding tert-OH is 1. The maximum absolute atomic E-state index is 12.6. The van der Waals surface area contributed by atoms with Crippen LogP contribution >= 0.6 is 0 Å². The average molecular weight is 505 g/mol. The summed E-state index contributed by atoms with van der Waals surface area (Å²) in [7, 11) is 0. The van der Waals surface area contributed by atoms with Gasteiger partial charge in [-0.2, -0.15) is 0 Å². The number of carbonyl (C=O) groups excluding carboxylic acids is 2. The van der Waals surface area contributed by atoms with Gasteiger partial charge in [-0.15, -0.1) is 0 Å². The number of carboxylic acids is 1. The first-order valence-corrected chi connectivity index (χ1v) is 14.4. The summed E-state index contributed by atoms with van der Waals surface area (Å²) in [5.41, 5.74) is 5.85. The maximum atomic E-state index is 12.6. The molecular weight excluding hydrogens is 456 g/mol. The Hall–Kier alpha value is -1.63. The van der Waals surface area contributed by atoms with E-state index >= 15 is 0 Å². The molecule has 0 saturated heterocycles. The largest absolute Gasteiger partial charge is 0.480 e. The lowest BCUT2D eigenvalue weighted by Gasteiger charge is -2.61. The van der Waals surface area contributed by atoms with Crippen molar-refractivity contribution in [1.82, 2.24) is 5.32 Å². The van der Waals surface area contributed by atoms with Crippen LogP contribution in [0.5, 0.6) is 0 Å². The molecule has 0 spiro atoms. The molecule has 10 atom stereocenters. The molecule has 0 heterocycles. The molecule has 0 aromatic heterocycles. The van der Waals surface area contributed by atoms with Crippen LogP contribution in [0.25, 0.3) is 0 Å². The summed E-state index contributed by atoms with van der Waals surface area (Å²) < 4.78 is 0. The van der Waals surface area contributed by atoms with Gasteiger partial charge in [-0.3, -0.25) is 9.59 Å². The fourth-order valence-corrected chi connectivity index (χ4v) is 9.58. The number of aliphatic carboxylic acids is 1. The lowest BCUT2D eigenvalue weighted by molar-refractivity contribution is -0.142. The Kier molecular flexibility index (Phi) is 8.09. The van der Waals surface area contributed by atoms with E-state index in [0.717, 1.165) is 37.0 Å². The molecule has 4 aliphatic carbocycles. The summed E-state index contributed by atoms with van der Waals surface area (Å²) in [6.07, 6.45) is 11.7. The second-order valence-corrected chi connectivity index (χ2v) is 13.3. The highest BCUT2D eigenvalue weighted by atomic mass is 16.4. The van der Waals surface area contributed by atoms with Gasteiger partial charge < -0.3 is 21.3 Å². The Bertz CT molecular complexity index is 848. The van der Waals surface area contributed by atoms with Crippen molar-refractivity contribution in [2.24, 2.45) is 52.1 Å². The van der Waals surface area contributed by atoms with Gasteiger partial charge >= 0.3 is 5.97 Å². The minimum absolute atomic E-state index is 0.0234. The molecule has 7 heteroatoms. The Labute approximate surface area is 216 Å². The summed E-state index contributed by atoms with van der Waals surface area (Å²) in [5, 5.41) is 22.2. The number of hydrogen-bond acceptors (Lipinski definition) is 4. The van der Waals surface area contributed by atoms with Gasteiger partial charge in [-0.05, 0) is 117 Å². The van der Waals surface area contributed by atoms with E-state index < -0.39 is 17.9 Å². The van der Waals surface area contributed by atoms with Crippen molar-refractivity contribution in [2.75, 3.05) is 0 Å². The van der Waals surface area contributed by atoms with Gasteiger partial charge in [-0.25, -0.2) is 4.79 Å². The summed E-state index contributed by atoms with van der Waals surface area (Å²) in [6.45, 7) is 7.33. The van der Waals surface area contributed by atoms with Gasteiger partial charge in [0.15, 0.2) is 0 Å². The highest BCUT2D eigenvalue weighted by molar-refractivity contribution is 5.84. The second-order valence-electron chi connectivity index (χ2n) is 13.3. The smallest absolute Gasteiger partial charge is 0.326 e. The van der Waals surface area contributed by atoms with Crippen molar-refractivity contribution in [2.45, 2.75) is 116 Å². The van der Waals surface area contributed by atoms with Crippen LogP contribution in [0.3, 0.4) is 0 Å². The van der Waals surface area contributed by atoms with E-state index in [1.165, 1.54) is 44.9 Å². The third-order valence-corrected chi connectivity index (χ3v) is 11.5. The molecule has 4 saturated carbocycles. The quantitative estimate of drug-likeness (QED) is 0.373. The SMILES string of the molecule is CC(CCC(=O)NC(CCC(N)=O)C(=O)O)[C@H]1CC[C@H]2[C@@H]3CC[C@@H]4C[C@H](O)CC[C@]4(C)[C@H]3CC[C@]12C. The van der Waals surface area contributed by atoms with Crippen LogP contribution in [0, 0.1) is 46.3 Å². The van der Waals surface area contributed by atoms with Crippen LogP contribution in [-0.2, 0) is 14.4 Å². The molecule has 5 N–H and O–H groups in total. The van der Waals surface area contributed by atoms with Gasteiger partial charge in [0.2, 0.25) is 11.8 Å². The molecule has 204 valence electrons. The Morgan fingerprint density at radius 1 is 0.944 bits per heavy atom. The first-order valence-electron chi connectivity index (χ1n) is 14.4. The molecule has 7 nitrogen and oxygen atoms in total. The molecule has 2 amide bonds. The Balaban J connectivity index is 1.34. The topological polar surface area (TPSA) is 130 Å². The van der Waals surface area contributed by atoms with E-state index in [4.69, 9.17) is 5.73 Å². The Morgan fingerprint density at radius 2 is 1.64 bits per heavy atom. The number of nitrogens with one attached hydrogen (secondary N) is 1. The first-order chi connectivity index (χ1) is 17.0. The van der Waals surface area contributed by atoms with E-state index in [0.29, 0.717) is 35.0 Å². The normalized spacial score (nSPS) is 41.3. The molecule has 4 aliphatic rings. The third kappa shape index (κ3) is 5.19. The third-order valence-electron chi connectivity index (χ3n) is 11.5. The summed E-state index contributed by atoms with van der Waals surface area (Å²) >= 11 is 0. The van der Waals surface area contributed by atoms with Gasteiger partial charge in [0, 0.05) is 12.8 Å². The van der Waals surface area contributed by atoms with Crippen LogP contribution in [0.4, 0.5) is 0 Å². The van der Waals surface area contributed by atoms with E-state index in [1.807, 2.05) is 0 Å². The van der Waals surface area contributed by atoms with Crippen LogP contribution in [0.1, 0.15) is 104 Å². The van der Waals surface area contributed by atoms with Crippen molar-refractivity contribution in [3.8, 4) is 0 Å². The zero-order valence-electron chi connectivity index (χ0n) is 22.5. The van der Waals surface area contributed by atoms with Crippen LogP contribution in [0.15, 0.2) is 0 Å². The monoisotopic (exact) mass is 504 g/mol. The molecule has 4 fully saturated rings. The Morgan fingerprint density at radius 3 is 2.33 bits per heavy atom. The van der Waals surface area contributed by atoms with E-state index in [9.17, 15) is 24.6 Å². The lowest BCUT2D eigenvalue weighted by Crippen LogP contribution is -2.54. The highest BCUT2D eigenvalue weighted by Gasteiger charge is 2.60. The summed E-state index contributed by atoms with van der Waals surface area (Å²) in [4.78, 5) is 35.0. The molecule has 0 aromatic rings. The predicted molar refractivity (Wildman–Crippen MR) is 138 cm³/mol. The van der Waals surface area contributed by atoms with Crippen LogP contribution in [0.2, 0.25) is 0 Å². The highest BCUT2D eigenvalue weighted by Crippen LogP contribution is 2.68. The average Bonchev–Trinajstić information content (AvgIpc) is 3.17. The molecule has 0 radical (unpaired) electrons. The fourth-order valence-electron chi connectivity index (χ4n) is 9.58. The van der Waals surface area contributed by atoms with Crippen molar-refractivity contribution in [3.63, 3.8) is 0 Å². The molecule has 0 bridgehead atoms. The molecule has 36 heavy (non-hydrogen) atoms. The zero-order valence-corrected chi connectivity index (χ0v) is 22.5. The lowest BCUT2D eigenvalue weighted by atomic mass is 9.44. The van der Waals surface area contributed by atoms with Crippen molar-refractivity contribution in [3.05, 3.63) is 0 Å². The number of fused-ring (bicyclic) bond motifs is 5. The van der Waals surface area contributed by atoms with Crippen molar-refractivity contribution in [1.29, 1.82) is 0 Å². The van der Waals surface area contributed by atoms with Gasteiger partial charge in [0.05, 0.1) is 6.10 Å². The first kappa shape index (κ1) is 27.4. The number of carboxylic acid groups (broad SMARTS) is 1. The standard InChI is InChI=1S/C29H48N2O5/c1-17(4-11-26(34)31-24(27(35)36)9-10-25(30)33)21-7-8-22-20-6-5-18-16-19(32)12-14-28(18,2)23(20)13-15-29(21,22)3/h17-24,32H,4-16H2,1-3H3,(H2,30,33)(H,31,34)(H,35,36)/t17?,18-,19-,20+,21-,22+,23+,24?,28+,29-/m1/s1. The molecule has 2 unspecified atom stereocenters. The number of primary amides is 1. The summed E-state index contributed by atoms with van der Waals surface area (Å²) in [5.74, 6) is 2.08. The molecular formula is C29H48N2O5. The number of nitrogens with two attached hydrogens (primary N) is 1. The predicted octanol–water partition coefficient (Wildman–Crippen LogP) is 4.26. The van der Waals surface area contributed by atoms with Gasteiger partial charge in [-0.1, -0.05) is 20.8 Å². The number of carbonyl (C=O) groups is 3. The van der Waals surface area contributed by atoms with Crippen molar-refractivity contribution >= 4 is 17.8 Å². The number of hydrogen-bond donors (Lipinski definition) is 4. The molecule has 0 aliphatic heterocycles. The second kappa shape index (κ2) is 10.6. The van der Waals surface area contributed by atoms with Crippen LogP contribution in [-0.4, -0.2) is 40.1 Å². The number of rotatable bonds is 9. The maximum Gasteiger partial charge on any atom is 0.326 e. The van der Waals surface area contributed by atoms with E-state index in [2.05, 4.69) is 26.1 Å². The number of aliphatic hydroxyl groups is 1. The van der Waals surface area contributed by atoms with E-state index in [1.54, 1.807) is 0 Å². The summed E-state index contributed by atoms with van der Waals surface area (Å²) in [6, 6.07) is -1.07. The molecule has 0 aromatic carbocycles. The van der Waals surface area contributed by atoms with Crippen LogP contribution < -0.4 is 11.1 Å². The molecule has 4 rings (SSSR count). The number of amides is 2. The van der Waals surface area contributed by atoms with Crippen molar-refractivity contribution < 1.29 is 24.6 Å². The fraction of sp³-hybridized carbons (Fsp3) is 0.897. The van der Waals surface area contributed by atoms with E-state index in [-0.39, 0.29) is 24.9 Å².